The molecule has 0 amide bonds. The van der Waals surface area contributed by atoms with Crippen LogP contribution in [0.2, 0.25) is 5.02 Å². The molecule has 3 nitrogen and oxygen atoms in total. The second kappa shape index (κ2) is 5.02. The average molecular weight is 317 g/mol. The van der Waals surface area contributed by atoms with Crippen LogP contribution in [0.5, 0.6) is 11.8 Å². The van der Waals surface area contributed by atoms with Crippen LogP contribution in [-0.4, -0.2) is 20.5 Å². The molecule has 0 bridgehead atoms. The van der Waals surface area contributed by atoms with Crippen molar-refractivity contribution in [2.75, 3.05) is 5.33 Å². The van der Waals surface area contributed by atoms with E-state index in [0.29, 0.717) is 15.9 Å². The maximum absolute atomic E-state index is 9.69. The molecule has 1 aromatic heterocycles. The highest BCUT2D eigenvalue weighted by molar-refractivity contribution is 9.09. The Morgan fingerprint density at radius 3 is 2.35 bits per heavy atom. The van der Waals surface area contributed by atoms with Gasteiger partial charge in [-0.25, -0.2) is 0 Å². The van der Waals surface area contributed by atoms with E-state index in [-0.39, 0.29) is 17.7 Å². The standard InChI is InChI=1S/C12H11BrClNO2/c13-6-10(7-1-3-8(14)4-2-7)9-5-11(16)15-12(9)17/h1-5,10,15-17H,6H2. The Morgan fingerprint density at radius 2 is 1.88 bits per heavy atom. The largest absolute Gasteiger partial charge is 0.495 e. The number of aromatic hydroxyl groups is 2. The van der Waals surface area contributed by atoms with E-state index in [1.54, 1.807) is 12.1 Å². The summed E-state index contributed by atoms with van der Waals surface area (Å²) in [5.41, 5.74) is 1.67. The van der Waals surface area contributed by atoms with Crippen LogP contribution >= 0.6 is 27.5 Å². The first-order chi connectivity index (χ1) is 8.11. The van der Waals surface area contributed by atoms with Crippen LogP contribution in [0.4, 0.5) is 0 Å². The maximum Gasteiger partial charge on any atom is 0.195 e. The van der Waals surface area contributed by atoms with Gasteiger partial charge in [-0.2, -0.15) is 0 Å². The van der Waals surface area contributed by atoms with E-state index in [9.17, 15) is 10.2 Å². The minimum atomic E-state index is -0.0441. The Balaban J connectivity index is 2.39. The third kappa shape index (κ3) is 2.58. The van der Waals surface area contributed by atoms with Crippen molar-refractivity contribution in [1.29, 1.82) is 0 Å². The van der Waals surface area contributed by atoms with Gasteiger partial charge in [0.25, 0.3) is 0 Å². The SMILES string of the molecule is Oc1cc(C(CBr)c2ccc(Cl)cc2)c(O)[nH]1. The highest BCUT2D eigenvalue weighted by Gasteiger charge is 2.19. The summed E-state index contributed by atoms with van der Waals surface area (Å²) in [5, 5.41) is 20.3. The number of rotatable bonds is 3. The number of hydrogen-bond donors (Lipinski definition) is 3. The van der Waals surface area contributed by atoms with Crippen molar-refractivity contribution in [3.63, 3.8) is 0 Å². The molecule has 0 saturated carbocycles. The van der Waals surface area contributed by atoms with Crippen molar-refractivity contribution < 1.29 is 10.2 Å². The van der Waals surface area contributed by atoms with Gasteiger partial charge in [0.2, 0.25) is 0 Å². The van der Waals surface area contributed by atoms with Crippen molar-refractivity contribution in [2.45, 2.75) is 5.92 Å². The molecule has 0 fully saturated rings. The van der Waals surface area contributed by atoms with E-state index in [1.165, 1.54) is 6.07 Å². The quantitative estimate of drug-likeness (QED) is 0.758. The molecule has 1 heterocycles. The van der Waals surface area contributed by atoms with Crippen molar-refractivity contribution in [3.8, 4) is 11.8 Å². The van der Waals surface area contributed by atoms with Crippen LogP contribution in [0.3, 0.4) is 0 Å². The summed E-state index contributed by atoms with van der Waals surface area (Å²) in [6, 6.07) is 8.93. The maximum atomic E-state index is 9.69. The summed E-state index contributed by atoms with van der Waals surface area (Å²) in [5.74, 6) is -0.0938. The molecule has 2 aromatic rings. The third-order valence-corrected chi connectivity index (χ3v) is 3.51. The second-order valence-electron chi connectivity index (χ2n) is 3.72. The minimum absolute atomic E-state index is 0.0121. The predicted molar refractivity (Wildman–Crippen MR) is 71.2 cm³/mol. The van der Waals surface area contributed by atoms with Crippen molar-refractivity contribution in [1.82, 2.24) is 4.98 Å². The summed E-state index contributed by atoms with van der Waals surface area (Å²) >= 11 is 9.25. The lowest BCUT2D eigenvalue weighted by molar-refractivity contribution is 0.422. The molecule has 0 aliphatic heterocycles. The molecule has 0 aliphatic rings. The van der Waals surface area contributed by atoms with Crippen molar-refractivity contribution in [3.05, 3.63) is 46.5 Å². The lowest BCUT2D eigenvalue weighted by Crippen LogP contribution is -2.01. The molecule has 1 atom stereocenters. The Kier molecular flexibility index (Phi) is 3.64. The Hall–Kier alpha value is -1.13. The molecule has 3 N–H and O–H groups in total. The molecule has 0 saturated heterocycles. The van der Waals surface area contributed by atoms with Gasteiger partial charge in [0, 0.05) is 27.9 Å². The normalized spacial score (nSPS) is 12.6. The van der Waals surface area contributed by atoms with Gasteiger partial charge in [-0.1, -0.05) is 39.7 Å². The van der Waals surface area contributed by atoms with Gasteiger partial charge in [-0.05, 0) is 17.7 Å². The first kappa shape index (κ1) is 12.3. The number of benzene rings is 1. The van der Waals surface area contributed by atoms with Crippen LogP contribution in [-0.2, 0) is 0 Å². The molecule has 2 rings (SSSR count). The van der Waals surface area contributed by atoms with Crippen LogP contribution in [0, 0.1) is 0 Å². The van der Waals surface area contributed by atoms with Gasteiger partial charge in [-0.3, -0.25) is 4.98 Å². The minimum Gasteiger partial charge on any atom is -0.495 e. The van der Waals surface area contributed by atoms with Crippen LogP contribution in [0.15, 0.2) is 30.3 Å². The first-order valence-corrected chi connectivity index (χ1v) is 6.54. The number of H-pyrrole nitrogens is 1. The highest BCUT2D eigenvalue weighted by Crippen LogP contribution is 2.35. The lowest BCUT2D eigenvalue weighted by atomic mass is 9.95. The predicted octanol–water partition coefficient (Wildman–Crippen LogP) is 3.61. The fourth-order valence-corrected chi connectivity index (χ4v) is 2.61. The fraction of sp³-hybridized carbons (Fsp3) is 0.167. The summed E-state index contributed by atoms with van der Waals surface area (Å²) in [4.78, 5) is 2.47. The molecular formula is C12H11BrClNO2. The third-order valence-electron chi connectivity index (χ3n) is 2.61. The zero-order chi connectivity index (χ0) is 12.4. The topological polar surface area (TPSA) is 56.2 Å². The lowest BCUT2D eigenvalue weighted by Gasteiger charge is -2.13. The van der Waals surface area contributed by atoms with Gasteiger partial charge >= 0.3 is 0 Å². The smallest absolute Gasteiger partial charge is 0.195 e. The molecule has 90 valence electrons. The average Bonchev–Trinajstić information content (AvgIpc) is 2.62. The highest BCUT2D eigenvalue weighted by atomic mass is 79.9. The van der Waals surface area contributed by atoms with Gasteiger partial charge in [-0.15, -0.1) is 0 Å². The van der Waals surface area contributed by atoms with E-state index in [0.717, 1.165) is 5.56 Å². The fourth-order valence-electron chi connectivity index (χ4n) is 1.76. The van der Waals surface area contributed by atoms with Gasteiger partial charge in [0.15, 0.2) is 11.8 Å². The molecule has 0 spiro atoms. The first-order valence-electron chi connectivity index (χ1n) is 5.04. The van der Waals surface area contributed by atoms with E-state index >= 15 is 0 Å². The number of aromatic nitrogens is 1. The molecular weight excluding hydrogens is 305 g/mol. The van der Waals surface area contributed by atoms with Crippen LogP contribution in [0.25, 0.3) is 0 Å². The zero-order valence-electron chi connectivity index (χ0n) is 8.82. The number of alkyl halides is 1. The number of halogens is 2. The molecule has 1 aromatic carbocycles. The van der Waals surface area contributed by atoms with E-state index in [1.807, 2.05) is 12.1 Å². The van der Waals surface area contributed by atoms with E-state index < -0.39 is 0 Å². The second-order valence-corrected chi connectivity index (χ2v) is 4.80. The van der Waals surface area contributed by atoms with E-state index in [4.69, 9.17) is 11.6 Å². The summed E-state index contributed by atoms with van der Waals surface area (Å²) < 4.78 is 0. The Labute approximate surface area is 112 Å². The van der Waals surface area contributed by atoms with Crippen LogP contribution < -0.4 is 0 Å². The van der Waals surface area contributed by atoms with E-state index in [2.05, 4.69) is 20.9 Å². The Bertz CT molecular complexity index is 510. The molecule has 1 unspecified atom stereocenters. The summed E-state index contributed by atoms with van der Waals surface area (Å²) in [6.45, 7) is 0. The summed E-state index contributed by atoms with van der Waals surface area (Å²) in [7, 11) is 0. The monoisotopic (exact) mass is 315 g/mol. The van der Waals surface area contributed by atoms with Gasteiger partial charge < -0.3 is 10.2 Å². The van der Waals surface area contributed by atoms with Gasteiger partial charge in [0.05, 0.1) is 0 Å². The van der Waals surface area contributed by atoms with Crippen molar-refractivity contribution >= 4 is 27.5 Å². The van der Waals surface area contributed by atoms with Crippen molar-refractivity contribution in [2.24, 2.45) is 0 Å². The molecule has 0 aliphatic carbocycles. The molecule has 0 radical (unpaired) electrons. The number of aromatic amines is 1. The van der Waals surface area contributed by atoms with Gasteiger partial charge in [0.1, 0.15) is 0 Å². The Morgan fingerprint density at radius 1 is 1.24 bits per heavy atom. The number of nitrogens with one attached hydrogen (secondary N) is 1. The van der Waals surface area contributed by atoms with Crippen LogP contribution in [0.1, 0.15) is 17.0 Å². The zero-order valence-corrected chi connectivity index (χ0v) is 11.2. The molecule has 17 heavy (non-hydrogen) atoms. The molecule has 5 heteroatoms. The summed E-state index contributed by atoms with van der Waals surface area (Å²) in [6.07, 6.45) is 0. The number of hydrogen-bond acceptors (Lipinski definition) is 2.